The van der Waals surface area contributed by atoms with E-state index in [4.69, 9.17) is 16.3 Å². The van der Waals surface area contributed by atoms with E-state index in [0.29, 0.717) is 10.8 Å². The number of aryl methyl sites for hydroxylation is 4. The molecular formula is C19H21ClN2O2. The summed E-state index contributed by atoms with van der Waals surface area (Å²) in [4.78, 5) is 11.8. The van der Waals surface area contributed by atoms with Crippen LogP contribution in [0.3, 0.4) is 0 Å². The molecular weight excluding hydrogens is 324 g/mol. The number of rotatable bonds is 5. The van der Waals surface area contributed by atoms with Gasteiger partial charge in [-0.2, -0.15) is 5.10 Å². The number of nitrogens with one attached hydrogen (secondary N) is 1. The van der Waals surface area contributed by atoms with Crippen molar-refractivity contribution >= 4 is 23.7 Å². The van der Waals surface area contributed by atoms with Crippen LogP contribution in [0.1, 0.15) is 27.8 Å². The van der Waals surface area contributed by atoms with Crippen molar-refractivity contribution in [3.05, 3.63) is 63.2 Å². The summed E-state index contributed by atoms with van der Waals surface area (Å²) >= 11 is 5.95. The normalized spacial score (nSPS) is 10.9. The maximum absolute atomic E-state index is 11.8. The number of amides is 1. The van der Waals surface area contributed by atoms with Gasteiger partial charge in [0.25, 0.3) is 5.91 Å². The van der Waals surface area contributed by atoms with Crippen LogP contribution in [-0.2, 0) is 4.79 Å². The molecule has 1 amide bonds. The first kappa shape index (κ1) is 18.0. The molecule has 24 heavy (non-hydrogen) atoms. The Kier molecular flexibility index (Phi) is 5.99. The van der Waals surface area contributed by atoms with Crippen molar-refractivity contribution in [2.24, 2.45) is 5.10 Å². The lowest BCUT2D eigenvalue weighted by atomic mass is 10.0. The molecule has 0 saturated heterocycles. The first-order valence-corrected chi connectivity index (χ1v) is 8.03. The number of hydrazone groups is 1. The molecule has 1 N–H and O–H groups in total. The first-order chi connectivity index (χ1) is 11.4. The lowest BCUT2D eigenvalue weighted by molar-refractivity contribution is -0.123. The molecule has 0 aliphatic carbocycles. The quantitative estimate of drug-likeness (QED) is 0.655. The molecule has 5 heteroatoms. The third-order valence-corrected chi connectivity index (χ3v) is 4.04. The van der Waals surface area contributed by atoms with Crippen LogP contribution in [-0.4, -0.2) is 18.7 Å². The molecule has 0 fully saturated rings. The Balaban J connectivity index is 1.90. The second-order valence-corrected chi connectivity index (χ2v) is 6.21. The minimum Gasteiger partial charge on any atom is -0.484 e. The van der Waals surface area contributed by atoms with Crippen LogP contribution in [0.2, 0.25) is 5.02 Å². The van der Waals surface area contributed by atoms with Gasteiger partial charge in [0.15, 0.2) is 6.61 Å². The second kappa shape index (κ2) is 7.97. The number of halogens is 1. The molecule has 2 aromatic carbocycles. The molecule has 2 rings (SSSR count). The summed E-state index contributed by atoms with van der Waals surface area (Å²) in [6.07, 6.45) is 1.66. The maximum atomic E-state index is 11.8. The molecule has 0 spiro atoms. The Labute approximate surface area is 147 Å². The smallest absolute Gasteiger partial charge is 0.277 e. The summed E-state index contributed by atoms with van der Waals surface area (Å²) in [5.41, 5.74) is 7.84. The predicted octanol–water partition coefficient (Wildman–Crippen LogP) is 4.10. The minimum atomic E-state index is -0.318. The van der Waals surface area contributed by atoms with Gasteiger partial charge in [0.1, 0.15) is 5.75 Å². The van der Waals surface area contributed by atoms with Gasteiger partial charge in [-0.05, 0) is 62.6 Å². The van der Waals surface area contributed by atoms with E-state index in [1.54, 1.807) is 24.4 Å². The van der Waals surface area contributed by atoms with Gasteiger partial charge in [0, 0.05) is 10.6 Å². The van der Waals surface area contributed by atoms with Crippen molar-refractivity contribution in [3.8, 4) is 5.75 Å². The fourth-order valence-corrected chi connectivity index (χ4v) is 2.57. The number of carbonyl (C=O) groups excluding carboxylic acids is 1. The van der Waals surface area contributed by atoms with Crippen LogP contribution >= 0.6 is 11.6 Å². The summed E-state index contributed by atoms with van der Waals surface area (Å²) in [5.74, 6) is 0.280. The van der Waals surface area contributed by atoms with Crippen LogP contribution < -0.4 is 10.2 Å². The molecule has 0 aromatic heterocycles. The summed E-state index contributed by atoms with van der Waals surface area (Å²) in [6.45, 7) is 7.87. The molecule has 0 unspecified atom stereocenters. The van der Waals surface area contributed by atoms with Gasteiger partial charge in [-0.3, -0.25) is 4.79 Å². The Morgan fingerprint density at radius 1 is 1.12 bits per heavy atom. The van der Waals surface area contributed by atoms with Gasteiger partial charge in [-0.25, -0.2) is 5.43 Å². The van der Waals surface area contributed by atoms with Crippen molar-refractivity contribution < 1.29 is 9.53 Å². The Morgan fingerprint density at radius 2 is 1.79 bits per heavy atom. The van der Waals surface area contributed by atoms with Crippen LogP contribution in [0.15, 0.2) is 35.4 Å². The highest BCUT2D eigenvalue weighted by Crippen LogP contribution is 2.20. The highest BCUT2D eigenvalue weighted by Gasteiger charge is 2.04. The molecule has 0 saturated carbocycles. The number of benzene rings is 2. The largest absolute Gasteiger partial charge is 0.484 e. The van der Waals surface area contributed by atoms with Crippen molar-refractivity contribution in [2.45, 2.75) is 27.7 Å². The second-order valence-electron chi connectivity index (χ2n) is 5.81. The minimum absolute atomic E-state index is 0.107. The predicted molar refractivity (Wildman–Crippen MR) is 98.1 cm³/mol. The van der Waals surface area contributed by atoms with E-state index in [0.717, 1.165) is 22.3 Å². The van der Waals surface area contributed by atoms with Crippen molar-refractivity contribution in [3.63, 3.8) is 0 Å². The molecule has 4 nitrogen and oxygen atoms in total. The fourth-order valence-electron chi connectivity index (χ4n) is 2.45. The standard InChI is InChI=1S/C19H21ClN2O2/c1-12-7-13(2)17(14(3)8-12)10-21-22-19(23)11-24-16-5-6-18(20)15(4)9-16/h5-10H,11H2,1-4H3,(H,22,23). The fraction of sp³-hybridized carbons (Fsp3) is 0.263. The Morgan fingerprint density at radius 3 is 2.42 bits per heavy atom. The third kappa shape index (κ3) is 4.83. The van der Waals surface area contributed by atoms with Crippen molar-refractivity contribution in [1.82, 2.24) is 5.43 Å². The van der Waals surface area contributed by atoms with Gasteiger partial charge in [-0.1, -0.05) is 29.3 Å². The maximum Gasteiger partial charge on any atom is 0.277 e. The van der Waals surface area contributed by atoms with Crippen LogP contribution in [0.5, 0.6) is 5.75 Å². The van der Waals surface area contributed by atoms with Crippen LogP contribution in [0, 0.1) is 27.7 Å². The van der Waals surface area contributed by atoms with Crippen LogP contribution in [0.4, 0.5) is 0 Å². The van der Waals surface area contributed by atoms with Gasteiger partial charge >= 0.3 is 0 Å². The lowest BCUT2D eigenvalue weighted by Crippen LogP contribution is -2.24. The van der Waals surface area contributed by atoms with Gasteiger partial charge in [0.2, 0.25) is 0 Å². The van der Waals surface area contributed by atoms with Gasteiger partial charge < -0.3 is 4.74 Å². The van der Waals surface area contributed by atoms with E-state index in [9.17, 15) is 4.79 Å². The summed E-state index contributed by atoms with van der Waals surface area (Å²) in [5, 5.41) is 4.68. The van der Waals surface area contributed by atoms with E-state index in [2.05, 4.69) is 29.6 Å². The third-order valence-electron chi connectivity index (χ3n) is 3.62. The molecule has 0 bridgehead atoms. The summed E-state index contributed by atoms with van der Waals surface area (Å²) < 4.78 is 5.42. The molecule has 126 valence electrons. The SMILES string of the molecule is Cc1cc(C)c(C=NNC(=O)COc2ccc(Cl)c(C)c2)c(C)c1. The average molecular weight is 345 g/mol. The molecule has 2 aromatic rings. The topological polar surface area (TPSA) is 50.7 Å². The van der Waals surface area contributed by atoms with Gasteiger partial charge in [0.05, 0.1) is 6.21 Å². The van der Waals surface area contributed by atoms with E-state index >= 15 is 0 Å². The van der Waals surface area contributed by atoms with Crippen LogP contribution in [0.25, 0.3) is 0 Å². The van der Waals surface area contributed by atoms with Crippen molar-refractivity contribution in [2.75, 3.05) is 6.61 Å². The molecule has 0 radical (unpaired) electrons. The number of carbonyl (C=O) groups is 1. The number of nitrogens with zero attached hydrogens (tertiary/aromatic N) is 1. The Bertz CT molecular complexity index is 762. The van der Waals surface area contributed by atoms with Gasteiger partial charge in [-0.15, -0.1) is 0 Å². The van der Waals surface area contributed by atoms with E-state index < -0.39 is 0 Å². The number of hydrogen-bond acceptors (Lipinski definition) is 3. The first-order valence-electron chi connectivity index (χ1n) is 7.65. The highest BCUT2D eigenvalue weighted by atomic mass is 35.5. The lowest BCUT2D eigenvalue weighted by Gasteiger charge is -2.08. The highest BCUT2D eigenvalue weighted by molar-refractivity contribution is 6.31. The number of ether oxygens (including phenoxy) is 1. The number of hydrogen-bond donors (Lipinski definition) is 1. The molecule has 0 aliphatic heterocycles. The zero-order chi connectivity index (χ0) is 17.7. The molecule has 0 heterocycles. The average Bonchev–Trinajstić information content (AvgIpc) is 2.51. The van der Waals surface area contributed by atoms with Crippen molar-refractivity contribution in [1.29, 1.82) is 0 Å². The Hall–Kier alpha value is -2.33. The zero-order valence-corrected chi connectivity index (χ0v) is 15.1. The summed E-state index contributed by atoms with van der Waals surface area (Å²) in [6, 6.07) is 9.43. The monoisotopic (exact) mass is 344 g/mol. The van der Waals surface area contributed by atoms with E-state index in [1.165, 1.54) is 5.56 Å². The van der Waals surface area contributed by atoms with E-state index in [-0.39, 0.29) is 12.5 Å². The zero-order valence-electron chi connectivity index (χ0n) is 14.3. The molecule has 0 aliphatic rings. The molecule has 0 atom stereocenters. The summed E-state index contributed by atoms with van der Waals surface area (Å²) in [7, 11) is 0. The van der Waals surface area contributed by atoms with E-state index in [1.807, 2.05) is 20.8 Å².